The highest BCUT2D eigenvalue weighted by atomic mass is 32.2. The molecule has 0 aliphatic heterocycles. The Morgan fingerprint density at radius 3 is 2.50 bits per heavy atom. The van der Waals surface area contributed by atoms with E-state index in [0.717, 1.165) is 19.4 Å². The van der Waals surface area contributed by atoms with Crippen molar-refractivity contribution >= 4 is 23.8 Å². The van der Waals surface area contributed by atoms with Gasteiger partial charge in [-0.3, -0.25) is 4.79 Å². The fourth-order valence-corrected chi connectivity index (χ4v) is 2.40. The summed E-state index contributed by atoms with van der Waals surface area (Å²) in [6, 6.07) is -0.117. The Morgan fingerprint density at radius 1 is 1.22 bits per heavy atom. The highest BCUT2D eigenvalue weighted by Gasteiger charge is 2.41. The van der Waals surface area contributed by atoms with Gasteiger partial charge in [-0.1, -0.05) is 6.42 Å². The summed E-state index contributed by atoms with van der Waals surface area (Å²) in [7, 11) is 0. The molecule has 1 saturated carbocycles. The number of carbonyl (C=O) groups excluding carboxylic acids is 1. The summed E-state index contributed by atoms with van der Waals surface area (Å²) in [6.07, 6.45) is 6.99. The quantitative estimate of drug-likeness (QED) is 0.560. The Kier molecular flexibility index (Phi) is 6.32. The van der Waals surface area contributed by atoms with E-state index >= 15 is 0 Å². The molecule has 0 aromatic rings. The number of aliphatic carboxylic acids is 1. The van der Waals surface area contributed by atoms with Crippen LogP contribution in [0, 0.1) is 0 Å². The molecule has 6 heteroatoms. The Morgan fingerprint density at radius 2 is 1.94 bits per heavy atom. The maximum Gasteiger partial charge on any atom is 0.314 e. The first-order valence-electron chi connectivity index (χ1n) is 6.37. The smallest absolute Gasteiger partial charge is 0.314 e. The van der Waals surface area contributed by atoms with Crippen LogP contribution in [-0.4, -0.2) is 41.2 Å². The minimum absolute atomic E-state index is 0.117. The topological polar surface area (TPSA) is 78.4 Å². The molecular formula is C12H22N2O3S. The zero-order valence-electron chi connectivity index (χ0n) is 10.8. The maximum atomic E-state index is 11.4. The van der Waals surface area contributed by atoms with Crippen LogP contribution < -0.4 is 10.6 Å². The third kappa shape index (κ3) is 6.14. The van der Waals surface area contributed by atoms with Gasteiger partial charge in [0, 0.05) is 24.3 Å². The number of amides is 2. The average molecular weight is 274 g/mol. The molecule has 2 amide bonds. The Labute approximate surface area is 112 Å². The number of rotatable bonds is 9. The van der Waals surface area contributed by atoms with Crippen LogP contribution in [0.4, 0.5) is 4.79 Å². The van der Waals surface area contributed by atoms with Crippen molar-refractivity contribution in [3.05, 3.63) is 0 Å². The lowest BCUT2D eigenvalue weighted by molar-refractivity contribution is -0.137. The molecular weight excluding hydrogens is 252 g/mol. The summed E-state index contributed by atoms with van der Waals surface area (Å²) in [6.45, 7) is 1.34. The zero-order valence-corrected chi connectivity index (χ0v) is 11.6. The highest BCUT2D eigenvalue weighted by Crippen LogP contribution is 2.46. The SMILES string of the molecule is CSC1(CNC(=O)NCCCCCC(=O)O)CC1. The molecule has 0 radical (unpaired) electrons. The number of carbonyl (C=O) groups is 2. The number of unbranched alkanes of at least 4 members (excludes halogenated alkanes) is 2. The molecule has 0 atom stereocenters. The van der Waals surface area contributed by atoms with E-state index < -0.39 is 5.97 Å². The molecule has 18 heavy (non-hydrogen) atoms. The first-order chi connectivity index (χ1) is 8.58. The summed E-state index contributed by atoms with van der Waals surface area (Å²) in [4.78, 5) is 21.7. The normalized spacial score (nSPS) is 16.1. The molecule has 0 heterocycles. The third-order valence-electron chi connectivity index (χ3n) is 3.16. The number of carboxylic acids is 1. The lowest BCUT2D eigenvalue weighted by Gasteiger charge is -2.13. The van der Waals surface area contributed by atoms with Crippen LogP contribution in [0.15, 0.2) is 0 Å². The van der Waals surface area contributed by atoms with E-state index in [4.69, 9.17) is 5.11 Å². The first kappa shape index (κ1) is 15.1. The number of nitrogens with one attached hydrogen (secondary N) is 2. The van der Waals surface area contributed by atoms with E-state index in [2.05, 4.69) is 16.9 Å². The lowest BCUT2D eigenvalue weighted by Crippen LogP contribution is -2.40. The molecule has 0 bridgehead atoms. The monoisotopic (exact) mass is 274 g/mol. The van der Waals surface area contributed by atoms with Crippen LogP contribution in [0.2, 0.25) is 0 Å². The summed E-state index contributed by atoms with van der Waals surface area (Å²) >= 11 is 1.82. The van der Waals surface area contributed by atoms with Gasteiger partial charge in [0.15, 0.2) is 0 Å². The van der Waals surface area contributed by atoms with Gasteiger partial charge in [-0.05, 0) is 31.9 Å². The number of urea groups is 1. The van der Waals surface area contributed by atoms with Crippen molar-refractivity contribution in [2.45, 2.75) is 43.3 Å². The van der Waals surface area contributed by atoms with Crippen molar-refractivity contribution in [1.29, 1.82) is 0 Å². The third-order valence-corrected chi connectivity index (χ3v) is 4.58. The standard InChI is InChI=1S/C12H22N2O3S/c1-18-12(6-7-12)9-14-11(17)13-8-4-2-3-5-10(15)16/h2-9H2,1H3,(H,15,16)(H2,13,14,17). The van der Waals surface area contributed by atoms with Gasteiger partial charge in [-0.2, -0.15) is 11.8 Å². The van der Waals surface area contributed by atoms with Gasteiger partial charge in [0.2, 0.25) is 0 Å². The van der Waals surface area contributed by atoms with Crippen LogP contribution in [-0.2, 0) is 4.79 Å². The number of thioether (sulfide) groups is 1. The van der Waals surface area contributed by atoms with Gasteiger partial charge in [-0.25, -0.2) is 4.79 Å². The molecule has 1 aliphatic carbocycles. The van der Waals surface area contributed by atoms with E-state index in [9.17, 15) is 9.59 Å². The fourth-order valence-electron chi connectivity index (χ4n) is 1.68. The summed E-state index contributed by atoms with van der Waals surface area (Å²) in [5, 5.41) is 14.1. The molecule has 3 N–H and O–H groups in total. The zero-order chi connectivity index (χ0) is 13.4. The van der Waals surface area contributed by atoms with Crippen LogP contribution >= 0.6 is 11.8 Å². The predicted molar refractivity (Wildman–Crippen MR) is 73.0 cm³/mol. The molecule has 1 rings (SSSR count). The van der Waals surface area contributed by atoms with E-state index in [-0.39, 0.29) is 12.5 Å². The van der Waals surface area contributed by atoms with Crippen molar-refractivity contribution in [3.8, 4) is 0 Å². The summed E-state index contributed by atoms with van der Waals surface area (Å²) < 4.78 is 0.291. The molecule has 5 nitrogen and oxygen atoms in total. The summed E-state index contributed by atoms with van der Waals surface area (Å²) in [5.74, 6) is -0.757. The van der Waals surface area contributed by atoms with E-state index in [0.29, 0.717) is 17.7 Å². The van der Waals surface area contributed by atoms with Crippen molar-refractivity contribution in [2.75, 3.05) is 19.3 Å². The van der Waals surface area contributed by atoms with Crippen LogP contribution in [0.25, 0.3) is 0 Å². The van der Waals surface area contributed by atoms with Gasteiger partial charge >= 0.3 is 12.0 Å². The molecule has 0 spiro atoms. The highest BCUT2D eigenvalue weighted by molar-refractivity contribution is 8.00. The number of hydrogen-bond acceptors (Lipinski definition) is 3. The predicted octanol–water partition coefficient (Wildman–Crippen LogP) is 1.83. The van der Waals surface area contributed by atoms with Gasteiger partial charge in [0.25, 0.3) is 0 Å². The van der Waals surface area contributed by atoms with E-state index in [1.807, 2.05) is 11.8 Å². The molecule has 104 valence electrons. The van der Waals surface area contributed by atoms with Crippen molar-refractivity contribution in [2.24, 2.45) is 0 Å². The van der Waals surface area contributed by atoms with E-state index in [1.54, 1.807) is 0 Å². The van der Waals surface area contributed by atoms with Crippen molar-refractivity contribution in [1.82, 2.24) is 10.6 Å². The fraction of sp³-hybridized carbons (Fsp3) is 0.833. The Hall–Kier alpha value is -0.910. The largest absolute Gasteiger partial charge is 0.481 e. The first-order valence-corrected chi connectivity index (χ1v) is 7.59. The minimum atomic E-state index is -0.757. The Balaban J connectivity index is 1.92. The number of hydrogen-bond donors (Lipinski definition) is 3. The van der Waals surface area contributed by atoms with Gasteiger partial charge in [0.1, 0.15) is 0 Å². The van der Waals surface area contributed by atoms with Crippen LogP contribution in [0.5, 0.6) is 0 Å². The second kappa shape index (κ2) is 7.51. The summed E-state index contributed by atoms with van der Waals surface area (Å²) in [5.41, 5.74) is 0. The molecule has 0 aromatic heterocycles. The number of carboxylic acid groups (broad SMARTS) is 1. The molecule has 1 aliphatic rings. The van der Waals surface area contributed by atoms with Gasteiger partial charge in [-0.15, -0.1) is 0 Å². The van der Waals surface area contributed by atoms with Gasteiger partial charge in [0.05, 0.1) is 0 Å². The van der Waals surface area contributed by atoms with Crippen LogP contribution in [0.3, 0.4) is 0 Å². The van der Waals surface area contributed by atoms with Crippen molar-refractivity contribution in [3.63, 3.8) is 0 Å². The van der Waals surface area contributed by atoms with E-state index in [1.165, 1.54) is 12.8 Å². The second-order valence-electron chi connectivity index (χ2n) is 4.70. The van der Waals surface area contributed by atoms with Crippen LogP contribution in [0.1, 0.15) is 38.5 Å². The van der Waals surface area contributed by atoms with Crippen molar-refractivity contribution < 1.29 is 14.7 Å². The molecule has 0 aromatic carbocycles. The molecule has 1 fully saturated rings. The molecule has 0 saturated heterocycles. The minimum Gasteiger partial charge on any atom is -0.481 e. The maximum absolute atomic E-state index is 11.4. The second-order valence-corrected chi connectivity index (χ2v) is 5.98. The lowest BCUT2D eigenvalue weighted by atomic mass is 10.2. The molecule has 0 unspecified atom stereocenters. The Bertz CT molecular complexity index is 293. The van der Waals surface area contributed by atoms with Gasteiger partial charge < -0.3 is 15.7 Å². The average Bonchev–Trinajstić information content (AvgIpc) is 3.11.